The average molecular weight is 446 g/mol. The van der Waals surface area contributed by atoms with Crippen LogP contribution in [0.15, 0.2) is 36.1 Å². The molecular weight excluding hydrogens is 437 g/mol. The maximum absolute atomic E-state index is 14.0. The number of ether oxygens (including phenoxy) is 2. The molecule has 0 spiro atoms. The summed E-state index contributed by atoms with van der Waals surface area (Å²) in [6.07, 6.45) is -8.47. The smallest absolute Gasteiger partial charge is 0.460 e. The number of allylic oxidation sites excluding steroid dienone is 2. The molecule has 0 aliphatic heterocycles. The standard InChI is InChI=1S/C15H9F11O3/c1-28-8-2-4-9(5-3-8)29-10(6-7-27)11(16,17)12(18,19)13(20,21)14(22,23)15(24,25)26/h2-7H,1H3/b10-6+. The van der Waals surface area contributed by atoms with Gasteiger partial charge in [0.05, 0.1) is 7.11 Å². The normalized spacial score (nSPS) is 14.6. The number of carbonyl (C=O) groups excluding carboxylic acids is 1. The van der Waals surface area contributed by atoms with Gasteiger partial charge < -0.3 is 9.47 Å². The first-order chi connectivity index (χ1) is 13.0. The molecule has 0 bridgehead atoms. The van der Waals surface area contributed by atoms with Crippen LogP contribution in [0, 0.1) is 0 Å². The van der Waals surface area contributed by atoms with E-state index in [-0.39, 0.29) is 5.75 Å². The van der Waals surface area contributed by atoms with E-state index in [0.717, 1.165) is 24.3 Å². The van der Waals surface area contributed by atoms with Gasteiger partial charge in [0, 0.05) is 6.08 Å². The molecule has 0 saturated carbocycles. The van der Waals surface area contributed by atoms with Crippen LogP contribution in [0.3, 0.4) is 0 Å². The Balaban J connectivity index is 3.44. The molecule has 164 valence electrons. The highest BCUT2D eigenvalue weighted by Gasteiger charge is 2.88. The van der Waals surface area contributed by atoms with Crippen LogP contribution in [-0.2, 0) is 4.79 Å². The number of halogens is 11. The molecule has 0 atom stereocenters. The zero-order chi connectivity index (χ0) is 22.9. The number of hydrogen-bond donors (Lipinski definition) is 0. The van der Waals surface area contributed by atoms with E-state index in [1.54, 1.807) is 0 Å². The highest BCUT2D eigenvalue weighted by molar-refractivity contribution is 5.66. The van der Waals surface area contributed by atoms with E-state index >= 15 is 0 Å². The predicted molar refractivity (Wildman–Crippen MR) is 73.6 cm³/mol. The van der Waals surface area contributed by atoms with Gasteiger partial charge in [-0.25, -0.2) is 0 Å². The Kier molecular flexibility index (Phi) is 6.51. The summed E-state index contributed by atoms with van der Waals surface area (Å²) in [5.74, 6) is -32.2. The third-order valence-electron chi connectivity index (χ3n) is 3.36. The maximum atomic E-state index is 14.0. The summed E-state index contributed by atoms with van der Waals surface area (Å²) in [7, 11) is 1.17. The molecule has 0 unspecified atom stereocenters. The van der Waals surface area contributed by atoms with Gasteiger partial charge in [-0.05, 0) is 24.3 Å². The SMILES string of the molecule is COc1ccc(O/C(=C/C=O)C(F)(F)C(F)(F)C(F)(F)C(F)(F)C(F)(F)F)cc1. The Bertz CT molecular complexity index is 752. The molecule has 29 heavy (non-hydrogen) atoms. The number of methoxy groups -OCH3 is 1. The predicted octanol–water partition coefficient (Wildman–Crippen LogP) is 5.26. The minimum atomic E-state index is -7.62. The van der Waals surface area contributed by atoms with Crippen LogP contribution in [-0.4, -0.2) is 43.3 Å². The topological polar surface area (TPSA) is 35.5 Å². The molecule has 1 rings (SSSR count). The summed E-state index contributed by atoms with van der Waals surface area (Å²) in [6.45, 7) is 0. The molecular formula is C15H9F11O3. The van der Waals surface area contributed by atoms with Crippen LogP contribution in [0.1, 0.15) is 0 Å². The molecule has 3 nitrogen and oxygen atoms in total. The molecule has 0 N–H and O–H groups in total. The molecule has 0 amide bonds. The largest absolute Gasteiger partial charge is 0.497 e. The van der Waals surface area contributed by atoms with Crippen LogP contribution in [0.2, 0.25) is 0 Å². The van der Waals surface area contributed by atoms with E-state index in [9.17, 15) is 53.1 Å². The first-order valence-electron chi connectivity index (χ1n) is 7.03. The van der Waals surface area contributed by atoms with Crippen molar-refractivity contribution in [3.63, 3.8) is 0 Å². The Morgan fingerprint density at radius 2 is 1.21 bits per heavy atom. The fourth-order valence-corrected chi connectivity index (χ4v) is 1.76. The number of rotatable bonds is 8. The minimum absolute atomic E-state index is 0.0895. The van der Waals surface area contributed by atoms with Gasteiger partial charge in [0.25, 0.3) is 0 Å². The quantitative estimate of drug-likeness (QED) is 0.237. The fourth-order valence-electron chi connectivity index (χ4n) is 1.76. The molecule has 14 heteroatoms. The van der Waals surface area contributed by atoms with Crippen LogP contribution in [0.5, 0.6) is 11.5 Å². The number of benzene rings is 1. The third-order valence-corrected chi connectivity index (χ3v) is 3.36. The molecule has 0 aromatic heterocycles. The van der Waals surface area contributed by atoms with E-state index < -0.39 is 53.7 Å². The monoisotopic (exact) mass is 446 g/mol. The van der Waals surface area contributed by atoms with Crippen molar-refractivity contribution < 1.29 is 62.6 Å². The Morgan fingerprint density at radius 1 is 0.759 bits per heavy atom. The van der Waals surface area contributed by atoms with Crippen molar-refractivity contribution in [2.24, 2.45) is 0 Å². The lowest BCUT2D eigenvalue weighted by molar-refractivity contribution is -0.419. The van der Waals surface area contributed by atoms with Crippen LogP contribution in [0.25, 0.3) is 0 Å². The second-order valence-electron chi connectivity index (χ2n) is 5.24. The third kappa shape index (κ3) is 4.10. The van der Waals surface area contributed by atoms with Crippen molar-refractivity contribution in [3.05, 3.63) is 36.1 Å². The van der Waals surface area contributed by atoms with Gasteiger partial charge in [-0.2, -0.15) is 48.3 Å². The zero-order valence-corrected chi connectivity index (χ0v) is 13.8. The first kappa shape index (κ1) is 24.5. The summed E-state index contributed by atoms with van der Waals surface area (Å²) in [4.78, 5) is 10.4. The van der Waals surface area contributed by atoms with Crippen molar-refractivity contribution >= 4 is 6.29 Å². The number of carbonyl (C=O) groups is 1. The van der Waals surface area contributed by atoms with Gasteiger partial charge in [0.15, 0.2) is 5.76 Å². The number of aldehydes is 1. The van der Waals surface area contributed by atoms with Crippen molar-refractivity contribution in [2.45, 2.75) is 29.9 Å². The maximum Gasteiger partial charge on any atom is 0.460 e. The molecule has 0 fully saturated rings. The lowest BCUT2D eigenvalue weighted by atomic mass is 9.96. The molecule has 0 aliphatic rings. The summed E-state index contributed by atoms with van der Waals surface area (Å²) < 4.78 is 153. The van der Waals surface area contributed by atoms with Gasteiger partial charge in [-0.15, -0.1) is 0 Å². The van der Waals surface area contributed by atoms with Crippen LogP contribution < -0.4 is 9.47 Å². The highest BCUT2D eigenvalue weighted by atomic mass is 19.4. The van der Waals surface area contributed by atoms with Crippen molar-refractivity contribution in [1.82, 2.24) is 0 Å². The van der Waals surface area contributed by atoms with E-state index in [0.29, 0.717) is 0 Å². The summed E-state index contributed by atoms with van der Waals surface area (Å²) in [5, 5.41) is 0. The van der Waals surface area contributed by atoms with Crippen molar-refractivity contribution in [2.75, 3.05) is 7.11 Å². The Labute approximate surface area is 154 Å². The van der Waals surface area contributed by atoms with Crippen LogP contribution >= 0.6 is 0 Å². The molecule has 0 radical (unpaired) electrons. The Morgan fingerprint density at radius 3 is 1.59 bits per heavy atom. The summed E-state index contributed by atoms with van der Waals surface area (Å²) in [5.41, 5.74) is 0. The molecule has 0 aliphatic carbocycles. The lowest BCUT2D eigenvalue weighted by Crippen LogP contribution is -2.67. The van der Waals surface area contributed by atoms with E-state index in [1.165, 1.54) is 7.11 Å². The fraction of sp³-hybridized carbons (Fsp3) is 0.400. The second-order valence-corrected chi connectivity index (χ2v) is 5.24. The summed E-state index contributed by atoms with van der Waals surface area (Å²) >= 11 is 0. The first-order valence-corrected chi connectivity index (χ1v) is 7.03. The molecule has 0 heterocycles. The van der Waals surface area contributed by atoms with Crippen LogP contribution in [0.4, 0.5) is 48.3 Å². The van der Waals surface area contributed by atoms with Crippen molar-refractivity contribution in [1.29, 1.82) is 0 Å². The summed E-state index contributed by atoms with van der Waals surface area (Å²) in [6, 6.07) is 3.56. The molecule has 0 saturated heterocycles. The van der Waals surface area contributed by atoms with Gasteiger partial charge in [0.1, 0.15) is 17.8 Å². The van der Waals surface area contributed by atoms with Gasteiger partial charge in [0.2, 0.25) is 0 Å². The number of hydrogen-bond acceptors (Lipinski definition) is 3. The lowest BCUT2D eigenvalue weighted by Gasteiger charge is -2.37. The molecule has 1 aromatic carbocycles. The van der Waals surface area contributed by atoms with E-state index in [1.807, 2.05) is 0 Å². The van der Waals surface area contributed by atoms with Gasteiger partial charge >= 0.3 is 29.9 Å². The van der Waals surface area contributed by atoms with Crippen molar-refractivity contribution in [3.8, 4) is 11.5 Å². The van der Waals surface area contributed by atoms with E-state index in [2.05, 4.69) is 9.47 Å². The highest BCUT2D eigenvalue weighted by Crippen LogP contribution is 2.58. The van der Waals surface area contributed by atoms with Gasteiger partial charge in [-0.3, -0.25) is 4.79 Å². The average Bonchev–Trinajstić information content (AvgIpc) is 2.60. The number of alkyl halides is 11. The van der Waals surface area contributed by atoms with Gasteiger partial charge in [-0.1, -0.05) is 0 Å². The second kappa shape index (κ2) is 7.71. The van der Waals surface area contributed by atoms with E-state index in [4.69, 9.17) is 0 Å². The Hall–Kier alpha value is -2.54. The molecule has 1 aromatic rings. The minimum Gasteiger partial charge on any atom is -0.497 e. The zero-order valence-electron chi connectivity index (χ0n) is 13.8.